The van der Waals surface area contributed by atoms with Gasteiger partial charge < -0.3 is 35.8 Å². The zero-order chi connectivity index (χ0) is 36.6. The van der Waals surface area contributed by atoms with Crippen LogP contribution in [0.5, 0.6) is 5.75 Å². The number of halogens is 2. The summed E-state index contributed by atoms with van der Waals surface area (Å²) >= 11 is 1.25. The number of carbonyl (C=O) groups excluding carboxylic acids is 4. The fourth-order valence-corrected chi connectivity index (χ4v) is 6.36. The number of β-lactam (4-membered cyclic amide) rings is 1. The second-order valence-corrected chi connectivity index (χ2v) is 13.7. The normalized spacial score (nSPS) is 16.8. The summed E-state index contributed by atoms with van der Waals surface area (Å²) in [5.74, 6) is -3.80. The summed E-state index contributed by atoms with van der Waals surface area (Å²) in [5.41, 5.74) is 0.976. The minimum absolute atomic E-state index is 0.166. The van der Waals surface area contributed by atoms with Crippen LogP contribution >= 0.6 is 11.8 Å². The van der Waals surface area contributed by atoms with E-state index in [4.69, 9.17) is 4.74 Å². The molecule has 12 nitrogen and oxygen atoms in total. The molecular formula is C35H38F2N4O8S. The monoisotopic (exact) mass is 712 g/mol. The Bertz CT molecular complexity index is 1680. The van der Waals surface area contributed by atoms with E-state index in [1.54, 1.807) is 45.0 Å². The largest absolute Gasteiger partial charge is 0.484 e. The molecule has 1 heterocycles. The van der Waals surface area contributed by atoms with Gasteiger partial charge in [0, 0.05) is 11.4 Å². The van der Waals surface area contributed by atoms with Gasteiger partial charge in [0.25, 0.3) is 5.91 Å². The van der Waals surface area contributed by atoms with Gasteiger partial charge in [-0.25, -0.2) is 13.6 Å². The number of rotatable bonds is 15. The molecule has 15 heteroatoms. The van der Waals surface area contributed by atoms with Crippen molar-refractivity contribution in [2.75, 3.05) is 30.3 Å². The number of anilines is 1. The van der Waals surface area contributed by atoms with Crippen molar-refractivity contribution in [3.05, 3.63) is 95.6 Å². The lowest BCUT2D eigenvalue weighted by Gasteiger charge is -2.47. The van der Waals surface area contributed by atoms with Crippen LogP contribution in [0.2, 0.25) is 0 Å². The quantitative estimate of drug-likeness (QED) is 0.148. The first kappa shape index (κ1) is 37.8. The summed E-state index contributed by atoms with van der Waals surface area (Å²) in [6, 6.07) is 16.0. The first-order valence-electron chi connectivity index (χ1n) is 15.6. The molecule has 0 aromatic heterocycles. The predicted molar refractivity (Wildman–Crippen MR) is 181 cm³/mol. The third-order valence-corrected chi connectivity index (χ3v) is 9.07. The number of amides is 4. The predicted octanol–water partition coefficient (Wildman–Crippen LogP) is 3.11. The minimum Gasteiger partial charge on any atom is -0.484 e. The van der Waals surface area contributed by atoms with Gasteiger partial charge in [-0.15, -0.1) is 11.8 Å². The van der Waals surface area contributed by atoms with Crippen LogP contribution in [-0.2, 0) is 24.0 Å². The second-order valence-electron chi connectivity index (χ2n) is 12.6. The van der Waals surface area contributed by atoms with Crippen LogP contribution in [0, 0.1) is 17.0 Å². The van der Waals surface area contributed by atoms with Gasteiger partial charge in [0.2, 0.25) is 17.7 Å². The van der Waals surface area contributed by atoms with Gasteiger partial charge in [-0.3, -0.25) is 19.2 Å². The van der Waals surface area contributed by atoms with Gasteiger partial charge in [-0.2, -0.15) is 0 Å². The van der Waals surface area contributed by atoms with Gasteiger partial charge in [-0.05, 0) is 65.1 Å². The van der Waals surface area contributed by atoms with E-state index < -0.39 is 83.9 Å². The average molecular weight is 713 g/mol. The maximum atomic E-state index is 13.6. The Hall–Kier alpha value is -5.02. The van der Waals surface area contributed by atoms with Crippen molar-refractivity contribution in [2.24, 2.45) is 5.41 Å². The van der Waals surface area contributed by atoms with Crippen molar-refractivity contribution in [1.29, 1.82) is 0 Å². The second kappa shape index (κ2) is 16.6. The topological polar surface area (TPSA) is 174 Å². The van der Waals surface area contributed by atoms with E-state index in [2.05, 4.69) is 16.0 Å². The number of aliphatic carboxylic acids is 1. The molecule has 0 radical (unpaired) electrons. The number of carbonyl (C=O) groups is 5. The summed E-state index contributed by atoms with van der Waals surface area (Å²) in [6.45, 7) is 3.61. The molecule has 4 amide bonds. The summed E-state index contributed by atoms with van der Waals surface area (Å²) in [6.07, 6.45) is -0.938. The highest BCUT2D eigenvalue weighted by atomic mass is 32.2. The van der Waals surface area contributed by atoms with Gasteiger partial charge in [0.05, 0.1) is 25.2 Å². The number of carboxylic acid groups (broad SMARTS) is 1. The molecule has 1 saturated heterocycles. The maximum absolute atomic E-state index is 13.6. The zero-order valence-corrected chi connectivity index (χ0v) is 28.3. The summed E-state index contributed by atoms with van der Waals surface area (Å²) in [7, 11) is 0. The molecule has 0 saturated carbocycles. The van der Waals surface area contributed by atoms with Crippen LogP contribution in [0.15, 0.2) is 72.8 Å². The Labute approximate surface area is 291 Å². The highest BCUT2D eigenvalue weighted by Crippen LogP contribution is 2.46. The van der Waals surface area contributed by atoms with Crippen molar-refractivity contribution < 1.29 is 47.7 Å². The first-order valence-corrected chi connectivity index (χ1v) is 16.6. The minimum atomic E-state index is -1.21. The molecule has 4 atom stereocenters. The lowest BCUT2D eigenvalue weighted by molar-refractivity contribution is -0.144. The molecule has 266 valence electrons. The molecule has 4 rings (SSSR count). The van der Waals surface area contributed by atoms with E-state index in [1.807, 2.05) is 0 Å². The Morgan fingerprint density at radius 1 is 0.860 bits per heavy atom. The van der Waals surface area contributed by atoms with Crippen molar-refractivity contribution in [1.82, 2.24) is 16.0 Å². The number of benzene rings is 3. The third-order valence-electron chi connectivity index (χ3n) is 7.74. The van der Waals surface area contributed by atoms with Gasteiger partial charge in [-0.1, -0.05) is 45.0 Å². The molecule has 1 unspecified atom stereocenters. The van der Waals surface area contributed by atoms with Gasteiger partial charge >= 0.3 is 5.97 Å². The number of ether oxygens (including phenoxy) is 1. The van der Waals surface area contributed by atoms with Gasteiger partial charge in [0.1, 0.15) is 28.7 Å². The molecule has 3 aromatic rings. The Kier molecular flexibility index (Phi) is 12.5. The molecular weight excluding hydrogens is 674 g/mol. The number of aliphatic hydroxyl groups is 1. The van der Waals surface area contributed by atoms with E-state index in [0.29, 0.717) is 17.0 Å². The smallest absolute Gasteiger partial charge is 0.326 e. The Morgan fingerprint density at radius 3 is 2.00 bits per heavy atom. The lowest BCUT2D eigenvalue weighted by Crippen LogP contribution is -2.57. The van der Waals surface area contributed by atoms with Gasteiger partial charge in [0.15, 0.2) is 6.61 Å². The lowest BCUT2D eigenvalue weighted by atomic mass is 9.87. The molecule has 1 aliphatic rings. The van der Waals surface area contributed by atoms with Crippen LogP contribution in [0.1, 0.15) is 44.0 Å². The molecule has 1 aliphatic heterocycles. The standard InChI is InChI=1S/C35H38F2N4O8S/c1-35(2,3)32(34(47)48)40-28(44)17-38-27(43)16-39-29(45)18-49-25-14-6-21(7-15-25)30-31(33(46)41(30)24-12-10-23(37)11-13-24)50-19-26(42)20-4-8-22(36)9-5-20/h4-15,26,30-32,42H,16-19H2,1-3H3,(H,38,43)(H,39,45)(H,40,44)(H,47,48)/t26?,30-,31-,32+/m1/s1. The number of nitrogens with one attached hydrogen (secondary N) is 3. The van der Waals surface area contributed by atoms with Crippen molar-refractivity contribution in [2.45, 2.75) is 44.2 Å². The average Bonchev–Trinajstić information content (AvgIpc) is 3.07. The summed E-state index contributed by atoms with van der Waals surface area (Å²) in [4.78, 5) is 62.8. The van der Waals surface area contributed by atoms with Crippen LogP contribution < -0.4 is 25.6 Å². The van der Waals surface area contributed by atoms with Crippen LogP contribution in [0.4, 0.5) is 14.5 Å². The van der Waals surface area contributed by atoms with Crippen LogP contribution in [0.3, 0.4) is 0 Å². The number of thioether (sulfide) groups is 1. The SMILES string of the molecule is CC(C)(C)[C@@H](NC(=O)CNC(=O)CNC(=O)COc1ccc([C@@H]2[C@@H](SCC(O)c3ccc(F)cc3)C(=O)N2c2ccc(F)cc2)cc1)C(=O)O. The number of nitrogens with zero attached hydrogens (tertiary/aromatic N) is 1. The molecule has 0 spiro atoms. The Balaban J connectivity index is 1.30. The Morgan fingerprint density at radius 2 is 1.42 bits per heavy atom. The number of hydrogen-bond acceptors (Lipinski definition) is 8. The summed E-state index contributed by atoms with van der Waals surface area (Å²) < 4.78 is 32.5. The van der Waals surface area contributed by atoms with E-state index in [-0.39, 0.29) is 11.7 Å². The number of hydrogen-bond donors (Lipinski definition) is 5. The van der Waals surface area contributed by atoms with E-state index in [1.165, 1.54) is 65.2 Å². The number of carboxylic acids is 1. The fourth-order valence-electron chi connectivity index (χ4n) is 5.06. The maximum Gasteiger partial charge on any atom is 0.326 e. The van der Waals surface area contributed by atoms with E-state index in [9.17, 15) is 43.0 Å². The molecule has 50 heavy (non-hydrogen) atoms. The highest BCUT2D eigenvalue weighted by molar-refractivity contribution is 8.00. The van der Waals surface area contributed by atoms with E-state index >= 15 is 0 Å². The molecule has 3 aromatic carbocycles. The zero-order valence-electron chi connectivity index (χ0n) is 27.5. The molecule has 0 aliphatic carbocycles. The van der Waals surface area contributed by atoms with Crippen LogP contribution in [-0.4, -0.2) is 76.6 Å². The van der Waals surface area contributed by atoms with Crippen molar-refractivity contribution in [3.8, 4) is 5.75 Å². The number of aliphatic hydroxyl groups excluding tert-OH is 1. The van der Waals surface area contributed by atoms with Crippen molar-refractivity contribution >= 4 is 47.0 Å². The molecule has 5 N–H and O–H groups in total. The van der Waals surface area contributed by atoms with Crippen LogP contribution in [0.25, 0.3) is 0 Å². The first-order chi connectivity index (χ1) is 23.6. The third kappa shape index (κ3) is 10.0. The summed E-state index contributed by atoms with van der Waals surface area (Å²) in [5, 5.41) is 26.4. The molecule has 1 fully saturated rings. The van der Waals surface area contributed by atoms with Crippen molar-refractivity contribution in [3.63, 3.8) is 0 Å². The highest BCUT2D eigenvalue weighted by Gasteiger charge is 2.49. The fraction of sp³-hybridized carbons (Fsp3) is 0.343. The molecule has 0 bridgehead atoms. The van der Waals surface area contributed by atoms with E-state index in [0.717, 1.165) is 5.56 Å².